The van der Waals surface area contributed by atoms with E-state index in [-0.39, 0.29) is 13.0 Å². The minimum absolute atomic E-state index is 0.0428. The number of hydrogen-bond donors (Lipinski definition) is 2. The molecule has 1 rings (SSSR count). The maximum Gasteiger partial charge on any atom is 0.253 e. The lowest BCUT2D eigenvalue weighted by Crippen LogP contribution is -2.54. The van der Waals surface area contributed by atoms with Crippen molar-refractivity contribution < 1.29 is 19.0 Å². The van der Waals surface area contributed by atoms with Crippen LogP contribution >= 0.6 is 0 Å². The summed E-state index contributed by atoms with van der Waals surface area (Å²) in [5.41, 5.74) is 0. The van der Waals surface area contributed by atoms with Crippen LogP contribution in [0.4, 0.5) is 8.78 Å². The maximum atomic E-state index is 12.6. The number of piperidine rings is 1. The Labute approximate surface area is 82.3 Å². The number of nitrogens with zero attached hydrogens (tertiary/aromatic N) is 1. The summed E-state index contributed by atoms with van der Waals surface area (Å²) in [7, 11) is 0. The molecule has 0 saturated carbocycles. The van der Waals surface area contributed by atoms with Gasteiger partial charge in [0.2, 0.25) is 0 Å². The summed E-state index contributed by atoms with van der Waals surface area (Å²) < 4.78 is 25.1. The fraction of sp³-hybridized carbons (Fsp3) is 1.00. The molecule has 0 bridgehead atoms. The molecule has 0 radical (unpaired) electrons. The van der Waals surface area contributed by atoms with Crippen molar-refractivity contribution >= 4 is 0 Å². The summed E-state index contributed by atoms with van der Waals surface area (Å²) in [6.07, 6.45) is -3.63. The Morgan fingerprint density at radius 2 is 2.00 bits per heavy atom. The molecule has 1 aliphatic rings. The van der Waals surface area contributed by atoms with E-state index in [1.165, 1.54) is 0 Å². The number of β-amino-alcohol motifs (C(OH)–C–C–N with tert-alkyl or cyclic N) is 1. The van der Waals surface area contributed by atoms with Gasteiger partial charge in [-0.3, -0.25) is 4.90 Å². The van der Waals surface area contributed by atoms with E-state index < -0.39 is 24.7 Å². The van der Waals surface area contributed by atoms with Crippen LogP contribution < -0.4 is 0 Å². The zero-order valence-corrected chi connectivity index (χ0v) is 8.24. The van der Waals surface area contributed by atoms with Crippen molar-refractivity contribution in [2.45, 2.75) is 44.4 Å². The SMILES string of the molecule is CCCN1CC(O)C(O)CC1C(F)F. The van der Waals surface area contributed by atoms with Gasteiger partial charge in [-0.2, -0.15) is 0 Å². The topological polar surface area (TPSA) is 43.7 Å². The summed E-state index contributed by atoms with van der Waals surface area (Å²) in [5.74, 6) is 0. The fourth-order valence-electron chi connectivity index (χ4n) is 1.86. The first kappa shape index (κ1) is 11.8. The Morgan fingerprint density at radius 1 is 1.36 bits per heavy atom. The van der Waals surface area contributed by atoms with Gasteiger partial charge >= 0.3 is 0 Å². The molecule has 1 saturated heterocycles. The van der Waals surface area contributed by atoms with Crippen molar-refractivity contribution in [2.75, 3.05) is 13.1 Å². The zero-order chi connectivity index (χ0) is 10.7. The van der Waals surface area contributed by atoms with Gasteiger partial charge in [-0.05, 0) is 19.4 Å². The lowest BCUT2D eigenvalue weighted by atomic mass is 9.97. The highest BCUT2D eigenvalue weighted by molar-refractivity contribution is 4.88. The summed E-state index contributed by atoms with van der Waals surface area (Å²) in [4.78, 5) is 1.56. The minimum atomic E-state index is -2.45. The summed E-state index contributed by atoms with van der Waals surface area (Å²) in [6.45, 7) is 2.59. The number of aliphatic hydroxyl groups excluding tert-OH is 2. The molecule has 3 atom stereocenters. The van der Waals surface area contributed by atoms with Crippen LogP contribution in [0.1, 0.15) is 19.8 Å². The molecule has 3 nitrogen and oxygen atoms in total. The molecule has 14 heavy (non-hydrogen) atoms. The van der Waals surface area contributed by atoms with Crippen LogP contribution in [0.5, 0.6) is 0 Å². The van der Waals surface area contributed by atoms with Crippen molar-refractivity contribution in [1.29, 1.82) is 0 Å². The number of hydrogen-bond acceptors (Lipinski definition) is 3. The summed E-state index contributed by atoms with van der Waals surface area (Å²) >= 11 is 0. The summed E-state index contributed by atoms with van der Waals surface area (Å²) in [6, 6.07) is -0.909. The van der Waals surface area contributed by atoms with Gasteiger partial charge in [0.15, 0.2) is 0 Å². The smallest absolute Gasteiger partial charge is 0.253 e. The maximum absolute atomic E-state index is 12.6. The number of halogens is 2. The van der Waals surface area contributed by atoms with Gasteiger partial charge in [-0.25, -0.2) is 8.78 Å². The molecular weight excluding hydrogens is 192 g/mol. The van der Waals surface area contributed by atoms with Gasteiger partial charge in [0.1, 0.15) is 0 Å². The number of rotatable bonds is 3. The third-order valence-electron chi connectivity index (χ3n) is 2.62. The van der Waals surface area contributed by atoms with E-state index in [0.29, 0.717) is 6.54 Å². The zero-order valence-electron chi connectivity index (χ0n) is 8.24. The van der Waals surface area contributed by atoms with Crippen molar-refractivity contribution in [1.82, 2.24) is 4.90 Å². The van der Waals surface area contributed by atoms with E-state index in [1.54, 1.807) is 4.90 Å². The van der Waals surface area contributed by atoms with Gasteiger partial charge in [0, 0.05) is 6.54 Å². The molecule has 0 aromatic carbocycles. The van der Waals surface area contributed by atoms with Crippen LogP contribution in [0.2, 0.25) is 0 Å². The largest absolute Gasteiger partial charge is 0.390 e. The quantitative estimate of drug-likeness (QED) is 0.709. The van der Waals surface area contributed by atoms with Crippen LogP contribution in [0.15, 0.2) is 0 Å². The molecule has 1 fully saturated rings. The molecule has 5 heteroatoms. The molecule has 1 aliphatic heterocycles. The Hall–Kier alpha value is -0.260. The molecule has 0 spiro atoms. The number of alkyl halides is 2. The predicted molar refractivity (Wildman–Crippen MR) is 48.3 cm³/mol. The van der Waals surface area contributed by atoms with E-state index in [4.69, 9.17) is 0 Å². The molecule has 0 aromatic heterocycles. The van der Waals surface area contributed by atoms with Crippen LogP contribution in [-0.4, -0.2) is 52.9 Å². The third-order valence-corrected chi connectivity index (χ3v) is 2.62. The highest BCUT2D eigenvalue weighted by Gasteiger charge is 2.37. The van der Waals surface area contributed by atoms with Crippen LogP contribution in [-0.2, 0) is 0 Å². The molecule has 2 N–H and O–H groups in total. The average Bonchev–Trinajstić information content (AvgIpc) is 2.11. The first-order valence-electron chi connectivity index (χ1n) is 4.94. The third kappa shape index (κ3) is 2.62. The lowest BCUT2D eigenvalue weighted by Gasteiger charge is -2.39. The molecular formula is C9H17F2NO2. The average molecular weight is 209 g/mol. The van der Waals surface area contributed by atoms with E-state index in [0.717, 1.165) is 6.42 Å². The monoisotopic (exact) mass is 209 g/mol. The molecule has 3 unspecified atom stereocenters. The van der Waals surface area contributed by atoms with Crippen LogP contribution in [0, 0.1) is 0 Å². The highest BCUT2D eigenvalue weighted by atomic mass is 19.3. The first-order valence-corrected chi connectivity index (χ1v) is 4.94. The van der Waals surface area contributed by atoms with E-state index >= 15 is 0 Å². The number of likely N-dealkylation sites (tertiary alicyclic amines) is 1. The lowest BCUT2D eigenvalue weighted by molar-refractivity contribution is -0.0957. The van der Waals surface area contributed by atoms with E-state index in [9.17, 15) is 19.0 Å². The predicted octanol–water partition coefficient (Wildman–Crippen LogP) is 0.458. The van der Waals surface area contributed by atoms with Crippen molar-refractivity contribution in [3.8, 4) is 0 Å². The van der Waals surface area contributed by atoms with Gasteiger partial charge in [-0.15, -0.1) is 0 Å². The Morgan fingerprint density at radius 3 is 2.50 bits per heavy atom. The Kier molecular flexibility index (Phi) is 4.22. The van der Waals surface area contributed by atoms with E-state index in [1.807, 2.05) is 6.92 Å². The van der Waals surface area contributed by atoms with Gasteiger partial charge in [0.25, 0.3) is 6.43 Å². The van der Waals surface area contributed by atoms with Crippen LogP contribution in [0.3, 0.4) is 0 Å². The van der Waals surface area contributed by atoms with Crippen molar-refractivity contribution in [2.24, 2.45) is 0 Å². The van der Waals surface area contributed by atoms with Gasteiger partial charge in [-0.1, -0.05) is 6.92 Å². The highest BCUT2D eigenvalue weighted by Crippen LogP contribution is 2.23. The molecule has 84 valence electrons. The van der Waals surface area contributed by atoms with E-state index in [2.05, 4.69) is 0 Å². The Bertz CT molecular complexity index is 180. The Balaban J connectivity index is 2.60. The normalized spacial score (nSPS) is 35.1. The fourth-order valence-corrected chi connectivity index (χ4v) is 1.86. The molecule has 0 aliphatic carbocycles. The standard InChI is InChI=1S/C9H17F2NO2/c1-2-3-12-5-8(14)7(13)4-6(12)9(10)11/h6-9,13-14H,2-5H2,1H3. The first-order chi connectivity index (χ1) is 6.56. The second kappa shape index (κ2) is 5.00. The van der Waals surface area contributed by atoms with Crippen LogP contribution in [0.25, 0.3) is 0 Å². The minimum Gasteiger partial charge on any atom is -0.390 e. The molecule has 0 amide bonds. The molecule has 0 aromatic rings. The van der Waals surface area contributed by atoms with Crippen molar-refractivity contribution in [3.05, 3.63) is 0 Å². The van der Waals surface area contributed by atoms with Gasteiger partial charge in [0.05, 0.1) is 18.2 Å². The number of aliphatic hydroxyl groups is 2. The second-order valence-electron chi connectivity index (χ2n) is 3.77. The van der Waals surface area contributed by atoms with Gasteiger partial charge < -0.3 is 10.2 Å². The summed E-state index contributed by atoms with van der Waals surface area (Å²) in [5, 5.41) is 18.6. The second-order valence-corrected chi connectivity index (χ2v) is 3.77. The molecule has 1 heterocycles. The van der Waals surface area contributed by atoms with Crippen molar-refractivity contribution in [3.63, 3.8) is 0 Å².